The summed E-state index contributed by atoms with van der Waals surface area (Å²) in [5.41, 5.74) is 15.7. The first-order valence-electron chi connectivity index (χ1n) is 7.06. The SMILES string of the molecule is CCS[C@H]1[C@@H](N=[N+]=[N-])[C@H](CO)O[C@@H]1n1cnc2c(N)ncnc21. The number of aliphatic hydroxyl groups excluding tert-OH is 1. The van der Waals surface area contributed by atoms with Crippen molar-refractivity contribution in [3.63, 3.8) is 0 Å². The predicted molar refractivity (Wildman–Crippen MR) is 85.6 cm³/mol. The maximum Gasteiger partial charge on any atom is 0.167 e. The quantitative estimate of drug-likeness (QED) is 0.471. The maximum atomic E-state index is 9.53. The third-order valence-corrected chi connectivity index (χ3v) is 4.93. The Morgan fingerprint density at radius 1 is 1.52 bits per heavy atom. The van der Waals surface area contributed by atoms with Gasteiger partial charge in [0.1, 0.15) is 18.1 Å². The number of anilines is 1. The third-order valence-electron chi connectivity index (χ3n) is 3.70. The monoisotopic (exact) mass is 336 g/mol. The van der Waals surface area contributed by atoms with Crippen molar-refractivity contribution in [3.05, 3.63) is 23.1 Å². The fraction of sp³-hybridized carbons (Fsp3) is 0.583. The molecule has 4 atom stereocenters. The molecule has 0 aliphatic carbocycles. The van der Waals surface area contributed by atoms with E-state index in [1.807, 2.05) is 6.92 Å². The second-order valence-electron chi connectivity index (χ2n) is 4.95. The number of nitrogens with two attached hydrogens (primary N) is 1. The van der Waals surface area contributed by atoms with E-state index in [2.05, 4.69) is 25.0 Å². The number of aromatic nitrogens is 4. The van der Waals surface area contributed by atoms with Crippen LogP contribution in [0.3, 0.4) is 0 Å². The highest BCUT2D eigenvalue weighted by Crippen LogP contribution is 2.40. The van der Waals surface area contributed by atoms with E-state index in [0.717, 1.165) is 5.75 Å². The van der Waals surface area contributed by atoms with E-state index in [1.54, 1.807) is 22.7 Å². The molecule has 0 amide bonds. The summed E-state index contributed by atoms with van der Waals surface area (Å²) in [6, 6.07) is -0.475. The Morgan fingerprint density at radius 2 is 2.35 bits per heavy atom. The first kappa shape index (κ1) is 15.8. The minimum Gasteiger partial charge on any atom is -0.394 e. The van der Waals surface area contributed by atoms with Crippen molar-refractivity contribution < 1.29 is 9.84 Å². The van der Waals surface area contributed by atoms with Crippen LogP contribution in [0.5, 0.6) is 0 Å². The summed E-state index contributed by atoms with van der Waals surface area (Å²) in [6.45, 7) is 1.78. The van der Waals surface area contributed by atoms with Gasteiger partial charge >= 0.3 is 0 Å². The Kier molecular flexibility index (Phi) is 4.53. The van der Waals surface area contributed by atoms with Gasteiger partial charge in [0.15, 0.2) is 11.5 Å². The molecule has 1 saturated heterocycles. The van der Waals surface area contributed by atoms with Crippen molar-refractivity contribution in [1.29, 1.82) is 0 Å². The van der Waals surface area contributed by atoms with Gasteiger partial charge in [-0.3, -0.25) is 4.57 Å². The lowest BCUT2D eigenvalue weighted by Crippen LogP contribution is -2.29. The molecular formula is C12H16N8O2S. The molecule has 2 aromatic rings. The third kappa shape index (κ3) is 2.68. The number of hydrogen-bond donors (Lipinski definition) is 2. The molecule has 23 heavy (non-hydrogen) atoms. The van der Waals surface area contributed by atoms with Crippen molar-refractivity contribution >= 4 is 28.7 Å². The van der Waals surface area contributed by atoms with Crippen molar-refractivity contribution in [2.24, 2.45) is 5.11 Å². The topological polar surface area (TPSA) is 148 Å². The summed E-state index contributed by atoms with van der Waals surface area (Å²) in [5, 5.41) is 13.2. The number of hydrogen-bond acceptors (Lipinski definition) is 8. The van der Waals surface area contributed by atoms with Crippen LogP contribution in [0.1, 0.15) is 13.2 Å². The molecule has 0 bridgehead atoms. The van der Waals surface area contributed by atoms with Gasteiger partial charge < -0.3 is 15.6 Å². The van der Waals surface area contributed by atoms with E-state index in [1.165, 1.54) is 6.33 Å². The fourth-order valence-corrected chi connectivity index (χ4v) is 3.89. The summed E-state index contributed by atoms with van der Waals surface area (Å²) in [5.74, 6) is 1.10. The van der Waals surface area contributed by atoms with E-state index in [-0.39, 0.29) is 17.7 Å². The largest absolute Gasteiger partial charge is 0.394 e. The van der Waals surface area contributed by atoms with Crippen LogP contribution >= 0.6 is 11.8 Å². The minimum absolute atomic E-state index is 0.165. The zero-order valence-electron chi connectivity index (χ0n) is 12.3. The Hall–Kier alpha value is -2.07. The molecule has 10 nitrogen and oxygen atoms in total. The number of azide groups is 1. The molecule has 1 fully saturated rings. The smallest absolute Gasteiger partial charge is 0.167 e. The molecule has 11 heteroatoms. The summed E-state index contributed by atoms with van der Waals surface area (Å²) in [7, 11) is 0. The summed E-state index contributed by atoms with van der Waals surface area (Å²) < 4.78 is 7.67. The number of rotatable bonds is 5. The predicted octanol–water partition coefficient (Wildman–Crippen LogP) is 1.10. The van der Waals surface area contributed by atoms with Crippen molar-refractivity contribution in [3.8, 4) is 0 Å². The van der Waals surface area contributed by atoms with Gasteiger partial charge in [-0.25, -0.2) is 15.0 Å². The molecule has 1 aliphatic heterocycles. The van der Waals surface area contributed by atoms with E-state index in [4.69, 9.17) is 16.0 Å². The van der Waals surface area contributed by atoms with Gasteiger partial charge in [-0.15, -0.1) is 0 Å². The average molecular weight is 336 g/mol. The molecule has 0 aromatic carbocycles. The van der Waals surface area contributed by atoms with Crippen LogP contribution in [0.15, 0.2) is 17.8 Å². The second kappa shape index (κ2) is 6.59. The molecule has 0 spiro atoms. The van der Waals surface area contributed by atoms with Crippen LogP contribution in [0.4, 0.5) is 5.82 Å². The van der Waals surface area contributed by atoms with Gasteiger partial charge in [-0.1, -0.05) is 12.0 Å². The lowest BCUT2D eigenvalue weighted by atomic mass is 10.1. The molecule has 0 unspecified atom stereocenters. The van der Waals surface area contributed by atoms with Crippen LogP contribution in [-0.4, -0.2) is 54.4 Å². The average Bonchev–Trinajstić information content (AvgIpc) is 3.11. The molecule has 1 aliphatic rings. The molecule has 3 N–H and O–H groups in total. The van der Waals surface area contributed by atoms with Crippen LogP contribution in [0.25, 0.3) is 21.6 Å². The number of nitrogens with zero attached hydrogens (tertiary/aromatic N) is 7. The van der Waals surface area contributed by atoms with Gasteiger partial charge in [0.2, 0.25) is 0 Å². The normalized spacial score (nSPS) is 27.2. The number of imidazole rings is 1. The highest BCUT2D eigenvalue weighted by molar-refractivity contribution is 7.99. The van der Waals surface area contributed by atoms with Gasteiger partial charge in [-0.2, -0.15) is 11.8 Å². The standard InChI is InChI=1S/C12H16N8O2S/c1-2-23-9-7(18-19-14)6(3-21)22-12(9)20-5-17-8-10(13)15-4-16-11(8)20/h4-7,9,12,21H,2-3H2,1H3,(H2,13,15,16)/t6-,7-,9-,12-/m0/s1. The van der Waals surface area contributed by atoms with E-state index in [9.17, 15) is 5.11 Å². The zero-order valence-corrected chi connectivity index (χ0v) is 13.2. The van der Waals surface area contributed by atoms with Crippen LogP contribution < -0.4 is 5.73 Å². The summed E-state index contributed by atoms with van der Waals surface area (Å²) >= 11 is 1.60. The Labute approximate surface area is 135 Å². The Balaban J connectivity index is 2.05. The van der Waals surface area contributed by atoms with E-state index in [0.29, 0.717) is 11.2 Å². The van der Waals surface area contributed by atoms with Gasteiger partial charge in [-0.05, 0) is 11.3 Å². The molecule has 3 heterocycles. The van der Waals surface area contributed by atoms with Gasteiger partial charge in [0.05, 0.1) is 30.3 Å². The zero-order chi connectivity index (χ0) is 16.4. The first-order chi connectivity index (χ1) is 11.2. The number of fused-ring (bicyclic) bond motifs is 1. The van der Waals surface area contributed by atoms with Gasteiger partial charge in [0, 0.05) is 4.91 Å². The Bertz CT molecular complexity index is 746. The van der Waals surface area contributed by atoms with Crippen LogP contribution in [0.2, 0.25) is 0 Å². The number of thioether (sulfide) groups is 1. The van der Waals surface area contributed by atoms with E-state index < -0.39 is 18.4 Å². The van der Waals surface area contributed by atoms with Crippen molar-refractivity contribution in [2.75, 3.05) is 18.1 Å². The highest BCUT2D eigenvalue weighted by atomic mass is 32.2. The molecule has 2 aromatic heterocycles. The molecular weight excluding hydrogens is 320 g/mol. The summed E-state index contributed by atoms with van der Waals surface area (Å²) in [6.07, 6.45) is 1.90. The number of aliphatic hydroxyl groups is 1. The number of nitrogen functional groups attached to an aromatic ring is 1. The Morgan fingerprint density at radius 3 is 3.04 bits per heavy atom. The minimum atomic E-state index is -0.573. The van der Waals surface area contributed by atoms with Crippen LogP contribution in [0, 0.1) is 0 Å². The van der Waals surface area contributed by atoms with Crippen LogP contribution in [-0.2, 0) is 4.74 Å². The lowest BCUT2D eigenvalue weighted by molar-refractivity contribution is -0.0223. The molecule has 3 rings (SSSR count). The lowest BCUT2D eigenvalue weighted by Gasteiger charge is -2.20. The molecule has 0 saturated carbocycles. The van der Waals surface area contributed by atoms with Crippen molar-refractivity contribution in [2.45, 2.75) is 30.5 Å². The first-order valence-corrected chi connectivity index (χ1v) is 8.11. The highest BCUT2D eigenvalue weighted by Gasteiger charge is 2.45. The molecule has 0 radical (unpaired) electrons. The van der Waals surface area contributed by atoms with E-state index >= 15 is 0 Å². The number of ether oxygens (including phenoxy) is 1. The second-order valence-corrected chi connectivity index (χ2v) is 6.40. The fourth-order valence-electron chi connectivity index (χ4n) is 2.72. The molecule has 122 valence electrons. The summed E-state index contributed by atoms with van der Waals surface area (Å²) in [4.78, 5) is 15.3. The maximum absolute atomic E-state index is 9.53. The van der Waals surface area contributed by atoms with Crippen molar-refractivity contribution in [1.82, 2.24) is 19.5 Å². The van der Waals surface area contributed by atoms with Gasteiger partial charge in [0.25, 0.3) is 0 Å².